The Balaban J connectivity index is 3.64. The molecule has 1 amide bonds. The summed E-state index contributed by atoms with van der Waals surface area (Å²) in [6.45, 7) is 4.24. The van der Waals surface area contributed by atoms with E-state index in [2.05, 4.69) is 19.1 Å². The summed E-state index contributed by atoms with van der Waals surface area (Å²) in [4.78, 5) is 11.0. The molecule has 0 aromatic heterocycles. The van der Waals surface area contributed by atoms with Crippen molar-refractivity contribution in [1.29, 1.82) is 0 Å². The Morgan fingerprint density at radius 3 is 2.35 bits per heavy atom. The van der Waals surface area contributed by atoms with E-state index in [1.165, 1.54) is 32.1 Å². The second kappa shape index (κ2) is 11.4. The fourth-order valence-electron chi connectivity index (χ4n) is 1.72. The van der Waals surface area contributed by atoms with E-state index in [9.17, 15) is 4.79 Å². The molecule has 0 aromatic carbocycles. The summed E-state index contributed by atoms with van der Waals surface area (Å²) in [5, 5.41) is 0. The number of amides is 1. The lowest BCUT2D eigenvalue weighted by Crippen LogP contribution is -2.13. The zero-order valence-electron chi connectivity index (χ0n) is 11.4. The zero-order chi connectivity index (χ0) is 12.9. The minimum absolute atomic E-state index is 0.292. The average Bonchev–Trinajstić information content (AvgIpc) is 2.31. The molecule has 2 heteroatoms. The number of hydrogen-bond acceptors (Lipinski definition) is 1. The van der Waals surface area contributed by atoms with Crippen LogP contribution in [0.3, 0.4) is 0 Å². The number of allylic oxidation sites excluding steroid dienone is 3. The fourth-order valence-corrected chi connectivity index (χ4v) is 1.72. The van der Waals surface area contributed by atoms with Crippen LogP contribution >= 0.6 is 0 Å². The summed E-state index contributed by atoms with van der Waals surface area (Å²) in [6, 6.07) is 0. The van der Waals surface area contributed by atoms with Gasteiger partial charge in [0.2, 0.25) is 5.91 Å². The van der Waals surface area contributed by atoms with Gasteiger partial charge in [-0.25, -0.2) is 0 Å². The second-order valence-electron chi connectivity index (χ2n) is 4.38. The van der Waals surface area contributed by atoms with Gasteiger partial charge in [-0.15, -0.1) is 0 Å². The van der Waals surface area contributed by atoms with Crippen LogP contribution in [0.5, 0.6) is 0 Å². The lowest BCUT2D eigenvalue weighted by Gasteiger charge is -1.98. The molecule has 0 rings (SSSR count). The van der Waals surface area contributed by atoms with E-state index in [4.69, 9.17) is 5.73 Å². The monoisotopic (exact) mass is 237 g/mol. The summed E-state index contributed by atoms with van der Waals surface area (Å²) in [6.07, 6.45) is 15.3. The van der Waals surface area contributed by atoms with Crippen molar-refractivity contribution in [1.82, 2.24) is 0 Å². The predicted octanol–water partition coefficient (Wildman–Crippen LogP) is 4.11. The van der Waals surface area contributed by atoms with Crippen LogP contribution in [0.15, 0.2) is 23.8 Å². The van der Waals surface area contributed by atoms with Crippen molar-refractivity contribution in [3.63, 3.8) is 0 Å². The summed E-state index contributed by atoms with van der Waals surface area (Å²) >= 11 is 0. The molecule has 0 radical (unpaired) electrons. The SMILES string of the molecule is CCC=C(CC=CCCCCCCC)C(N)=O. The van der Waals surface area contributed by atoms with Gasteiger partial charge >= 0.3 is 0 Å². The van der Waals surface area contributed by atoms with Crippen LogP contribution in [-0.2, 0) is 4.79 Å². The third-order valence-corrected chi connectivity index (χ3v) is 2.75. The summed E-state index contributed by atoms with van der Waals surface area (Å²) < 4.78 is 0. The number of nitrogens with two attached hydrogens (primary N) is 1. The lowest BCUT2D eigenvalue weighted by molar-refractivity contribution is -0.114. The predicted molar refractivity (Wildman–Crippen MR) is 74.7 cm³/mol. The average molecular weight is 237 g/mol. The van der Waals surface area contributed by atoms with Crippen LogP contribution in [0, 0.1) is 0 Å². The smallest absolute Gasteiger partial charge is 0.244 e. The van der Waals surface area contributed by atoms with Crippen molar-refractivity contribution in [3.05, 3.63) is 23.8 Å². The standard InChI is InChI=1S/C15H27NO/c1-3-5-6-7-8-9-10-11-13-14(12-4-2)15(16)17/h10-12H,3-9,13H2,1-2H3,(H2,16,17). The number of hydrogen-bond donors (Lipinski definition) is 1. The Bertz CT molecular complexity index is 254. The second-order valence-corrected chi connectivity index (χ2v) is 4.38. The van der Waals surface area contributed by atoms with Gasteiger partial charge in [0.05, 0.1) is 0 Å². The summed E-state index contributed by atoms with van der Waals surface area (Å²) in [5.74, 6) is -0.292. The highest BCUT2D eigenvalue weighted by atomic mass is 16.1. The largest absolute Gasteiger partial charge is 0.366 e. The van der Waals surface area contributed by atoms with Crippen molar-refractivity contribution in [3.8, 4) is 0 Å². The zero-order valence-corrected chi connectivity index (χ0v) is 11.4. The fraction of sp³-hybridized carbons (Fsp3) is 0.667. The van der Waals surface area contributed by atoms with Gasteiger partial charge < -0.3 is 5.73 Å². The van der Waals surface area contributed by atoms with E-state index in [1.54, 1.807) is 0 Å². The third-order valence-electron chi connectivity index (χ3n) is 2.75. The molecule has 2 N–H and O–H groups in total. The first-order valence-electron chi connectivity index (χ1n) is 6.86. The van der Waals surface area contributed by atoms with Crippen molar-refractivity contribution in [2.45, 2.75) is 65.2 Å². The Kier molecular flexibility index (Phi) is 10.7. The van der Waals surface area contributed by atoms with Crippen LogP contribution in [-0.4, -0.2) is 5.91 Å². The van der Waals surface area contributed by atoms with Crippen LogP contribution in [0.1, 0.15) is 65.2 Å². The van der Waals surface area contributed by atoms with Crippen molar-refractivity contribution < 1.29 is 4.79 Å². The highest BCUT2D eigenvalue weighted by molar-refractivity contribution is 5.92. The number of carbonyl (C=O) groups is 1. The van der Waals surface area contributed by atoms with E-state index < -0.39 is 0 Å². The van der Waals surface area contributed by atoms with E-state index in [0.717, 1.165) is 18.4 Å². The Hall–Kier alpha value is -1.05. The molecule has 0 unspecified atom stereocenters. The first-order chi connectivity index (χ1) is 8.22. The van der Waals surface area contributed by atoms with Gasteiger partial charge in [0, 0.05) is 5.57 Å². The summed E-state index contributed by atoms with van der Waals surface area (Å²) in [5.41, 5.74) is 6.01. The minimum atomic E-state index is -0.292. The topological polar surface area (TPSA) is 43.1 Å². The van der Waals surface area contributed by atoms with Crippen LogP contribution < -0.4 is 5.73 Å². The number of rotatable bonds is 10. The molecule has 0 spiro atoms. The molecule has 17 heavy (non-hydrogen) atoms. The summed E-state index contributed by atoms with van der Waals surface area (Å²) in [7, 11) is 0. The Morgan fingerprint density at radius 1 is 1.06 bits per heavy atom. The molecule has 0 aliphatic carbocycles. The molecule has 98 valence electrons. The number of carbonyl (C=O) groups excluding carboxylic acids is 1. The molecule has 0 aliphatic rings. The molecular weight excluding hydrogens is 210 g/mol. The lowest BCUT2D eigenvalue weighted by atomic mass is 10.1. The van der Waals surface area contributed by atoms with Gasteiger partial charge in [0.1, 0.15) is 0 Å². The van der Waals surface area contributed by atoms with Crippen LogP contribution in [0.25, 0.3) is 0 Å². The van der Waals surface area contributed by atoms with E-state index >= 15 is 0 Å². The quantitative estimate of drug-likeness (QED) is 0.347. The van der Waals surface area contributed by atoms with Crippen molar-refractivity contribution in [2.75, 3.05) is 0 Å². The van der Waals surface area contributed by atoms with E-state index in [1.807, 2.05) is 13.0 Å². The molecule has 0 atom stereocenters. The molecule has 0 aliphatic heterocycles. The molecule has 0 aromatic rings. The van der Waals surface area contributed by atoms with E-state index in [0.29, 0.717) is 6.42 Å². The molecule has 0 fully saturated rings. The molecule has 0 heterocycles. The maximum Gasteiger partial charge on any atom is 0.244 e. The van der Waals surface area contributed by atoms with Crippen LogP contribution in [0.2, 0.25) is 0 Å². The van der Waals surface area contributed by atoms with Crippen LogP contribution in [0.4, 0.5) is 0 Å². The molecule has 0 bridgehead atoms. The molecule has 0 saturated carbocycles. The molecule has 2 nitrogen and oxygen atoms in total. The minimum Gasteiger partial charge on any atom is -0.366 e. The highest BCUT2D eigenvalue weighted by Crippen LogP contribution is 2.07. The van der Waals surface area contributed by atoms with Gasteiger partial charge in [0.25, 0.3) is 0 Å². The van der Waals surface area contributed by atoms with Crippen molar-refractivity contribution in [2.24, 2.45) is 5.73 Å². The van der Waals surface area contributed by atoms with Gasteiger partial charge in [-0.3, -0.25) is 4.79 Å². The normalized spacial score (nSPS) is 12.2. The maximum absolute atomic E-state index is 11.0. The maximum atomic E-state index is 11.0. The first-order valence-corrected chi connectivity index (χ1v) is 6.86. The third kappa shape index (κ3) is 9.86. The van der Waals surface area contributed by atoms with Gasteiger partial charge in [-0.1, -0.05) is 57.8 Å². The molecular formula is C15H27NO. The Labute approximate surface area is 106 Å². The number of unbranched alkanes of at least 4 members (excludes halogenated alkanes) is 5. The van der Waals surface area contributed by atoms with Crippen molar-refractivity contribution >= 4 is 5.91 Å². The van der Waals surface area contributed by atoms with Gasteiger partial charge in [-0.2, -0.15) is 0 Å². The Morgan fingerprint density at radius 2 is 1.76 bits per heavy atom. The van der Waals surface area contributed by atoms with E-state index in [-0.39, 0.29) is 5.91 Å². The van der Waals surface area contributed by atoms with Gasteiger partial charge in [0.15, 0.2) is 0 Å². The van der Waals surface area contributed by atoms with Gasteiger partial charge in [-0.05, 0) is 25.7 Å². The number of primary amides is 1. The highest BCUT2D eigenvalue weighted by Gasteiger charge is 2.00. The molecule has 0 saturated heterocycles. The first kappa shape index (κ1) is 16.0.